The van der Waals surface area contributed by atoms with Crippen LogP contribution >= 0.6 is 0 Å². The molecule has 0 aromatic heterocycles. The Morgan fingerprint density at radius 1 is 1.15 bits per heavy atom. The van der Waals surface area contributed by atoms with Crippen molar-refractivity contribution < 1.29 is 22.0 Å². The van der Waals surface area contributed by atoms with Crippen molar-refractivity contribution in [2.45, 2.75) is 23.8 Å². The highest BCUT2D eigenvalue weighted by atomic mass is 32.2. The second-order valence-corrected chi connectivity index (χ2v) is 7.89. The monoisotopic (exact) mass is 395 g/mol. The maximum absolute atomic E-state index is 13.9. The van der Waals surface area contributed by atoms with E-state index in [2.05, 4.69) is 15.4 Å². The lowest BCUT2D eigenvalue weighted by Gasteiger charge is -2.24. The molecule has 9 heteroatoms. The molecule has 144 valence electrons. The molecular formula is C18H19F2N3O3S. The molecule has 27 heavy (non-hydrogen) atoms. The largest absolute Gasteiger partial charge is 0.348 e. The minimum Gasteiger partial charge on any atom is -0.348 e. The second kappa shape index (κ2) is 8.01. The molecule has 1 atom stereocenters. The number of anilines is 1. The Morgan fingerprint density at radius 3 is 2.67 bits per heavy atom. The zero-order valence-corrected chi connectivity index (χ0v) is 15.2. The van der Waals surface area contributed by atoms with E-state index in [0.29, 0.717) is 12.6 Å². The molecule has 0 spiro atoms. The van der Waals surface area contributed by atoms with Crippen LogP contribution in [0.1, 0.15) is 23.2 Å². The van der Waals surface area contributed by atoms with Crippen LogP contribution in [0.15, 0.2) is 47.4 Å². The summed E-state index contributed by atoms with van der Waals surface area (Å²) in [6.07, 6.45) is 1.75. The number of piperidine rings is 1. The minimum atomic E-state index is -4.41. The number of benzene rings is 2. The van der Waals surface area contributed by atoms with Gasteiger partial charge in [0.15, 0.2) is 0 Å². The molecule has 1 saturated heterocycles. The average molecular weight is 395 g/mol. The quantitative estimate of drug-likeness (QED) is 0.725. The SMILES string of the molecule is O=C(NC1CCCNC1)c1ccccc1NS(=O)(=O)c1cc(F)ccc1F. The molecule has 3 N–H and O–H groups in total. The summed E-state index contributed by atoms with van der Waals surface area (Å²) in [6.45, 7) is 1.52. The first kappa shape index (κ1) is 19.2. The smallest absolute Gasteiger partial charge is 0.264 e. The van der Waals surface area contributed by atoms with Gasteiger partial charge in [0.05, 0.1) is 11.3 Å². The lowest BCUT2D eigenvalue weighted by Crippen LogP contribution is -2.45. The number of amides is 1. The predicted molar refractivity (Wildman–Crippen MR) is 97.0 cm³/mol. The molecule has 6 nitrogen and oxygen atoms in total. The van der Waals surface area contributed by atoms with Gasteiger partial charge in [0, 0.05) is 12.6 Å². The Kier molecular flexibility index (Phi) is 5.71. The van der Waals surface area contributed by atoms with Crippen LogP contribution in [0.2, 0.25) is 0 Å². The van der Waals surface area contributed by atoms with Crippen molar-refractivity contribution in [3.05, 3.63) is 59.7 Å². The Hall–Kier alpha value is -2.52. The Bertz CT molecular complexity index is 945. The number of sulfonamides is 1. The molecule has 0 radical (unpaired) electrons. The van der Waals surface area contributed by atoms with Crippen LogP contribution in [0.3, 0.4) is 0 Å². The third-order valence-corrected chi connectivity index (χ3v) is 5.61. The van der Waals surface area contributed by atoms with Crippen molar-refractivity contribution in [3.8, 4) is 0 Å². The van der Waals surface area contributed by atoms with Gasteiger partial charge in [-0.25, -0.2) is 17.2 Å². The number of para-hydroxylation sites is 1. The van der Waals surface area contributed by atoms with Gasteiger partial charge in [0.1, 0.15) is 16.5 Å². The lowest BCUT2D eigenvalue weighted by molar-refractivity contribution is 0.0931. The summed E-state index contributed by atoms with van der Waals surface area (Å²) in [7, 11) is -4.41. The molecule has 0 saturated carbocycles. The van der Waals surface area contributed by atoms with Crippen LogP contribution < -0.4 is 15.4 Å². The van der Waals surface area contributed by atoms with Gasteiger partial charge in [-0.05, 0) is 49.7 Å². The molecule has 3 rings (SSSR count). The van der Waals surface area contributed by atoms with Gasteiger partial charge in [-0.2, -0.15) is 0 Å². The second-order valence-electron chi connectivity index (χ2n) is 6.24. The fourth-order valence-electron chi connectivity index (χ4n) is 2.89. The number of rotatable bonds is 5. The summed E-state index contributed by atoms with van der Waals surface area (Å²) in [5, 5.41) is 6.03. The standard InChI is InChI=1S/C18H19F2N3O3S/c19-12-7-8-15(20)17(10-12)27(25,26)23-16-6-2-1-5-14(16)18(24)22-13-4-3-9-21-11-13/h1-2,5-8,10,13,21,23H,3-4,9,11H2,(H,22,24). The van der Waals surface area contributed by atoms with E-state index in [9.17, 15) is 22.0 Å². The van der Waals surface area contributed by atoms with Crippen LogP contribution in [0, 0.1) is 11.6 Å². The lowest BCUT2D eigenvalue weighted by atomic mass is 10.1. The van der Waals surface area contributed by atoms with E-state index in [1.165, 1.54) is 12.1 Å². The first-order valence-electron chi connectivity index (χ1n) is 8.45. The summed E-state index contributed by atoms with van der Waals surface area (Å²) < 4.78 is 54.4. The van der Waals surface area contributed by atoms with E-state index < -0.39 is 32.5 Å². The number of carbonyl (C=O) groups is 1. The molecule has 1 amide bonds. The van der Waals surface area contributed by atoms with Crippen LogP contribution in [0.5, 0.6) is 0 Å². The van der Waals surface area contributed by atoms with E-state index >= 15 is 0 Å². The first-order valence-corrected chi connectivity index (χ1v) is 9.93. The summed E-state index contributed by atoms with van der Waals surface area (Å²) in [5.74, 6) is -2.41. The first-order chi connectivity index (χ1) is 12.9. The molecular weight excluding hydrogens is 376 g/mol. The van der Waals surface area contributed by atoms with E-state index in [1.807, 2.05) is 0 Å². The van der Waals surface area contributed by atoms with Crippen molar-refractivity contribution in [3.63, 3.8) is 0 Å². The van der Waals surface area contributed by atoms with Crippen molar-refractivity contribution in [2.75, 3.05) is 17.8 Å². The number of carbonyl (C=O) groups excluding carboxylic acids is 1. The molecule has 1 aliphatic rings. The highest BCUT2D eigenvalue weighted by Gasteiger charge is 2.23. The molecule has 0 bridgehead atoms. The number of hydrogen-bond acceptors (Lipinski definition) is 4. The molecule has 0 aliphatic carbocycles. The molecule has 1 fully saturated rings. The molecule has 2 aromatic carbocycles. The van der Waals surface area contributed by atoms with Crippen molar-refractivity contribution >= 4 is 21.6 Å². The zero-order chi connectivity index (χ0) is 19.4. The van der Waals surface area contributed by atoms with Crippen LogP contribution in [-0.2, 0) is 10.0 Å². The average Bonchev–Trinajstić information content (AvgIpc) is 2.64. The van der Waals surface area contributed by atoms with E-state index in [1.54, 1.807) is 12.1 Å². The van der Waals surface area contributed by atoms with E-state index in [-0.39, 0.29) is 17.3 Å². The van der Waals surface area contributed by atoms with Gasteiger partial charge in [0.25, 0.3) is 15.9 Å². The van der Waals surface area contributed by atoms with Gasteiger partial charge in [-0.15, -0.1) is 0 Å². The van der Waals surface area contributed by atoms with Crippen LogP contribution in [-0.4, -0.2) is 33.5 Å². The van der Waals surface area contributed by atoms with Gasteiger partial charge in [0.2, 0.25) is 0 Å². The third-order valence-electron chi connectivity index (χ3n) is 4.23. The fraction of sp³-hybridized carbons (Fsp3) is 0.278. The Balaban J connectivity index is 1.85. The fourth-order valence-corrected chi connectivity index (χ4v) is 4.06. The summed E-state index contributed by atoms with van der Waals surface area (Å²) in [5.41, 5.74) is 0.0888. The molecule has 2 aromatic rings. The normalized spacial score (nSPS) is 17.3. The van der Waals surface area contributed by atoms with E-state index in [4.69, 9.17) is 0 Å². The van der Waals surface area contributed by atoms with Crippen LogP contribution in [0.4, 0.5) is 14.5 Å². The van der Waals surface area contributed by atoms with Gasteiger partial charge in [-0.3, -0.25) is 9.52 Å². The predicted octanol–water partition coefficient (Wildman–Crippen LogP) is 2.25. The van der Waals surface area contributed by atoms with Crippen molar-refractivity contribution in [1.82, 2.24) is 10.6 Å². The summed E-state index contributed by atoms with van der Waals surface area (Å²) >= 11 is 0. The zero-order valence-electron chi connectivity index (χ0n) is 14.3. The van der Waals surface area contributed by atoms with E-state index in [0.717, 1.165) is 31.5 Å². The summed E-state index contributed by atoms with van der Waals surface area (Å²) in [4.78, 5) is 11.7. The minimum absolute atomic E-state index is 0.0116. The maximum atomic E-state index is 13.9. The van der Waals surface area contributed by atoms with Crippen molar-refractivity contribution in [1.29, 1.82) is 0 Å². The highest BCUT2D eigenvalue weighted by Crippen LogP contribution is 2.23. The number of nitrogens with one attached hydrogen (secondary N) is 3. The Labute approximate surface area is 156 Å². The third kappa shape index (κ3) is 4.61. The number of hydrogen-bond donors (Lipinski definition) is 3. The van der Waals surface area contributed by atoms with Gasteiger partial charge >= 0.3 is 0 Å². The number of halogens is 2. The van der Waals surface area contributed by atoms with Crippen LogP contribution in [0.25, 0.3) is 0 Å². The topological polar surface area (TPSA) is 87.3 Å². The highest BCUT2D eigenvalue weighted by molar-refractivity contribution is 7.92. The molecule has 1 aliphatic heterocycles. The maximum Gasteiger partial charge on any atom is 0.264 e. The van der Waals surface area contributed by atoms with Gasteiger partial charge in [-0.1, -0.05) is 12.1 Å². The van der Waals surface area contributed by atoms with Crippen molar-refractivity contribution in [2.24, 2.45) is 0 Å². The van der Waals surface area contributed by atoms with Gasteiger partial charge < -0.3 is 10.6 Å². The summed E-state index contributed by atoms with van der Waals surface area (Å²) in [6, 6.07) is 8.08. The Morgan fingerprint density at radius 2 is 1.93 bits per heavy atom. The molecule has 1 heterocycles. The molecule has 1 unspecified atom stereocenters.